The van der Waals surface area contributed by atoms with E-state index in [0.29, 0.717) is 60.5 Å². The van der Waals surface area contributed by atoms with Crippen molar-refractivity contribution in [3.05, 3.63) is 63.3 Å². The molecule has 1 saturated heterocycles. The van der Waals surface area contributed by atoms with Crippen LogP contribution in [0.3, 0.4) is 0 Å². The number of Topliss-reactive ketones (excluding diaryl/α,β-unsaturated/α-hetero) is 1. The molecule has 192 valence electrons. The molecule has 0 bridgehead atoms. The van der Waals surface area contributed by atoms with Crippen LogP contribution < -0.4 is 9.47 Å². The van der Waals surface area contributed by atoms with Gasteiger partial charge in [0.05, 0.1) is 47.5 Å². The molecule has 1 unspecified atom stereocenters. The molecule has 2 aliphatic rings. The quantitative estimate of drug-likeness (QED) is 0.382. The number of carbonyl (C=O) groups excluding carboxylic acids is 2. The number of methoxy groups -OCH3 is 1. The molecule has 10 heteroatoms. The minimum atomic E-state index is -0.782. The molecule has 36 heavy (non-hydrogen) atoms. The van der Waals surface area contributed by atoms with Gasteiger partial charge in [-0.2, -0.15) is 0 Å². The highest BCUT2D eigenvalue weighted by Gasteiger charge is 2.44. The first kappa shape index (κ1) is 25.9. The summed E-state index contributed by atoms with van der Waals surface area (Å²) < 4.78 is 16.6. The summed E-state index contributed by atoms with van der Waals surface area (Å²) in [6, 6.07) is 4.49. The maximum Gasteiger partial charge on any atom is 0.290 e. The van der Waals surface area contributed by atoms with Gasteiger partial charge >= 0.3 is 0 Å². The summed E-state index contributed by atoms with van der Waals surface area (Å²) in [5.41, 5.74) is 1.27. The molecule has 0 aliphatic carbocycles. The number of aryl methyl sites for hydroxylation is 2. The minimum Gasteiger partial charge on any atom is -0.503 e. The van der Waals surface area contributed by atoms with Crippen molar-refractivity contribution in [2.24, 2.45) is 0 Å². The smallest absolute Gasteiger partial charge is 0.290 e. The SMILES string of the molecule is C=CCOc1ccc(C2C(C(=O)c3sc(C)nc3C)=C(O)C(=O)N2CCN2CCOCC2)cc1OC. The molecule has 1 fully saturated rings. The number of morpholine rings is 1. The van der Waals surface area contributed by atoms with Gasteiger partial charge in [-0.3, -0.25) is 14.5 Å². The first-order valence-electron chi connectivity index (χ1n) is 11.8. The van der Waals surface area contributed by atoms with Crippen molar-refractivity contribution < 1.29 is 28.9 Å². The van der Waals surface area contributed by atoms with E-state index in [0.717, 1.165) is 18.1 Å². The van der Waals surface area contributed by atoms with Crippen molar-refractivity contribution in [2.75, 3.05) is 53.1 Å². The van der Waals surface area contributed by atoms with E-state index in [4.69, 9.17) is 14.2 Å². The van der Waals surface area contributed by atoms with Crippen LogP contribution in [0.15, 0.2) is 42.2 Å². The van der Waals surface area contributed by atoms with E-state index in [2.05, 4.69) is 16.5 Å². The van der Waals surface area contributed by atoms with Gasteiger partial charge in [0, 0.05) is 26.2 Å². The van der Waals surface area contributed by atoms with E-state index in [1.54, 1.807) is 36.1 Å². The second-order valence-electron chi connectivity index (χ2n) is 8.60. The lowest BCUT2D eigenvalue weighted by Crippen LogP contribution is -2.43. The van der Waals surface area contributed by atoms with Gasteiger partial charge in [0.15, 0.2) is 17.3 Å². The second kappa shape index (κ2) is 11.2. The zero-order chi connectivity index (χ0) is 25.8. The van der Waals surface area contributed by atoms with Crippen LogP contribution >= 0.6 is 11.3 Å². The van der Waals surface area contributed by atoms with Gasteiger partial charge in [0.25, 0.3) is 5.91 Å². The average Bonchev–Trinajstić information content (AvgIpc) is 3.36. The van der Waals surface area contributed by atoms with Gasteiger partial charge in [0.2, 0.25) is 5.78 Å². The van der Waals surface area contributed by atoms with Crippen molar-refractivity contribution in [1.29, 1.82) is 0 Å². The molecule has 0 spiro atoms. The molecule has 0 radical (unpaired) electrons. The van der Waals surface area contributed by atoms with Gasteiger partial charge < -0.3 is 24.2 Å². The zero-order valence-electron chi connectivity index (χ0n) is 20.8. The van der Waals surface area contributed by atoms with Crippen molar-refractivity contribution >= 4 is 23.0 Å². The Morgan fingerprint density at radius 3 is 2.67 bits per heavy atom. The Balaban J connectivity index is 1.73. The maximum absolute atomic E-state index is 13.7. The van der Waals surface area contributed by atoms with Crippen LogP contribution in [0.2, 0.25) is 0 Å². The van der Waals surface area contributed by atoms with Gasteiger partial charge in [-0.1, -0.05) is 18.7 Å². The fourth-order valence-electron chi connectivity index (χ4n) is 4.52. The largest absolute Gasteiger partial charge is 0.503 e. The van der Waals surface area contributed by atoms with Gasteiger partial charge in [-0.25, -0.2) is 4.98 Å². The lowest BCUT2D eigenvalue weighted by atomic mass is 9.94. The summed E-state index contributed by atoms with van der Waals surface area (Å²) in [4.78, 5) is 35.6. The van der Waals surface area contributed by atoms with Crippen LogP contribution in [-0.4, -0.2) is 84.7 Å². The van der Waals surface area contributed by atoms with Crippen molar-refractivity contribution in [1.82, 2.24) is 14.8 Å². The molecule has 9 nitrogen and oxygen atoms in total. The number of ether oxygens (including phenoxy) is 3. The number of hydrogen-bond donors (Lipinski definition) is 1. The highest BCUT2D eigenvalue weighted by molar-refractivity contribution is 7.14. The zero-order valence-corrected chi connectivity index (χ0v) is 21.6. The molecule has 1 aromatic heterocycles. The third-order valence-electron chi connectivity index (χ3n) is 6.28. The number of thiazole rings is 1. The molecule has 2 aliphatic heterocycles. The monoisotopic (exact) mass is 513 g/mol. The lowest BCUT2D eigenvalue weighted by molar-refractivity contribution is -0.129. The van der Waals surface area contributed by atoms with E-state index in [1.807, 2.05) is 6.92 Å². The Kier molecular flexibility index (Phi) is 8.07. The number of ketones is 1. The molecule has 0 saturated carbocycles. The summed E-state index contributed by atoms with van der Waals surface area (Å²) in [7, 11) is 1.53. The topological polar surface area (TPSA) is 101 Å². The fourth-order valence-corrected chi connectivity index (χ4v) is 5.40. The Morgan fingerprint density at radius 2 is 2.03 bits per heavy atom. The van der Waals surface area contributed by atoms with Crippen LogP contribution in [-0.2, 0) is 9.53 Å². The normalized spacial score (nSPS) is 18.6. The molecule has 2 aromatic rings. The summed E-state index contributed by atoms with van der Waals surface area (Å²) in [6.07, 6.45) is 1.63. The number of aromatic nitrogens is 1. The van der Waals surface area contributed by atoms with E-state index >= 15 is 0 Å². The molecular formula is C26H31N3O6S. The standard InChI is InChI=1S/C26H31N3O6S/c1-5-12-35-19-7-6-18(15-20(19)33-4)22-21(23(30)25-16(2)27-17(3)36-25)24(31)26(32)29(22)9-8-28-10-13-34-14-11-28/h5-7,15,22,31H,1,8-14H2,2-4H3. The first-order chi connectivity index (χ1) is 17.3. The van der Waals surface area contributed by atoms with Crippen LogP contribution in [0.4, 0.5) is 0 Å². The molecular weight excluding hydrogens is 482 g/mol. The van der Waals surface area contributed by atoms with E-state index in [9.17, 15) is 14.7 Å². The predicted octanol–water partition coefficient (Wildman–Crippen LogP) is 3.24. The summed E-state index contributed by atoms with van der Waals surface area (Å²) in [5.74, 6) is -0.517. The number of carbonyl (C=O) groups is 2. The maximum atomic E-state index is 13.7. The molecule has 4 rings (SSSR count). The van der Waals surface area contributed by atoms with Crippen molar-refractivity contribution in [2.45, 2.75) is 19.9 Å². The number of hydrogen-bond acceptors (Lipinski definition) is 9. The van der Waals surface area contributed by atoms with Crippen LogP contribution in [0.1, 0.15) is 32.0 Å². The van der Waals surface area contributed by atoms with Gasteiger partial charge in [-0.15, -0.1) is 11.3 Å². The second-order valence-corrected chi connectivity index (χ2v) is 9.81. The fraction of sp³-hybridized carbons (Fsp3) is 0.423. The third kappa shape index (κ3) is 5.16. The minimum absolute atomic E-state index is 0.0514. The molecule has 1 N–H and O–H groups in total. The number of benzene rings is 1. The number of aliphatic hydroxyl groups excluding tert-OH is 1. The number of amides is 1. The summed E-state index contributed by atoms with van der Waals surface area (Å²) in [6.45, 7) is 11.3. The highest BCUT2D eigenvalue weighted by atomic mass is 32.1. The number of nitrogens with zero attached hydrogens (tertiary/aromatic N) is 3. The van der Waals surface area contributed by atoms with Crippen LogP contribution in [0, 0.1) is 13.8 Å². The molecule has 3 heterocycles. The predicted molar refractivity (Wildman–Crippen MR) is 136 cm³/mol. The molecule has 1 amide bonds. The van der Waals surface area contributed by atoms with E-state index < -0.39 is 23.5 Å². The average molecular weight is 514 g/mol. The van der Waals surface area contributed by atoms with Crippen LogP contribution in [0.5, 0.6) is 11.5 Å². The Bertz CT molecular complexity index is 1180. The molecule has 1 atom stereocenters. The molecule has 1 aromatic carbocycles. The number of rotatable bonds is 10. The van der Waals surface area contributed by atoms with Crippen molar-refractivity contribution in [3.63, 3.8) is 0 Å². The summed E-state index contributed by atoms with van der Waals surface area (Å²) in [5, 5.41) is 11.7. The Morgan fingerprint density at radius 1 is 1.28 bits per heavy atom. The number of aliphatic hydroxyl groups is 1. The van der Waals surface area contributed by atoms with Crippen LogP contribution in [0.25, 0.3) is 0 Å². The third-order valence-corrected chi connectivity index (χ3v) is 7.35. The first-order valence-corrected chi connectivity index (χ1v) is 12.6. The van der Waals surface area contributed by atoms with E-state index in [-0.39, 0.29) is 5.57 Å². The van der Waals surface area contributed by atoms with Crippen molar-refractivity contribution in [3.8, 4) is 11.5 Å². The Labute approximate surface area is 214 Å². The summed E-state index contributed by atoms with van der Waals surface area (Å²) >= 11 is 1.25. The lowest BCUT2D eigenvalue weighted by Gasteiger charge is -2.32. The highest BCUT2D eigenvalue weighted by Crippen LogP contribution is 2.42. The van der Waals surface area contributed by atoms with E-state index in [1.165, 1.54) is 18.4 Å². The van der Waals surface area contributed by atoms with Gasteiger partial charge in [-0.05, 0) is 31.5 Å². The Hall–Kier alpha value is -3.21. The van der Waals surface area contributed by atoms with Gasteiger partial charge in [0.1, 0.15) is 6.61 Å².